The normalized spacial score (nSPS) is 10.5. The Morgan fingerprint density at radius 2 is 1.76 bits per heavy atom. The van der Waals surface area contributed by atoms with Crippen LogP contribution in [-0.2, 0) is 0 Å². The van der Waals surface area contributed by atoms with Gasteiger partial charge in [0, 0.05) is 5.56 Å². The van der Waals surface area contributed by atoms with Crippen molar-refractivity contribution in [2.75, 3.05) is 6.61 Å². The van der Waals surface area contributed by atoms with Crippen molar-refractivity contribution < 1.29 is 23.0 Å². The molecule has 3 nitrogen and oxygen atoms in total. The third-order valence-corrected chi connectivity index (χ3v) is 3.49. The van der Waals surface area contributed by atoms with E-state index in [0.717, 1.165) is 3.57 Å². The standard InChI is InChI=1S/C15H11F2IO3/c16-15(17)21-11-7-5-10(6-8-11)13(19)9-20-14-4-2-1-3-12(14)18/h1-8,15H,9H2. The summed E-state index contributed by atoms with van der Waals surface area (Å²) in [6.45, 7) is -3.00. The molecule has 0 aliphatic carbocycles. The minimum Gasteiger partial charge on any atom is -0.484 e. The van der Waals surface area contributed by atoms with Gasteiger partial charge in [-0.2, -0.15) is 8.78 Å². The summed E-state index contributed by atoms with van der Waals surface area (Å²) in [5.74, 6) is 0.405. The molecule has 2 rings (SSSR count). The topological polar surface area (TPSA) is 35.5 Å². The van der Waals surface area contributed by atoms with Crippen LogP contribution in [0.1, 0.15) is 10.4 Å². The Morgan fingerprint density at radius 3 is 2.38 bits per heavy atom. The molecule has 21 heavy (non-hydrogen) atoms. The molecule has 0 aromatic heterocycles. The Bertz CT molecular complexity index is 615. The zero-order valence-corrected chi connectivity index (χ0v) is 12.9. The van der Waals surface area contributed by atoms with Gasteiger partial charge in [0.05, 0.1) is 3.57 Å². The molecule has 0 aliphatic heterocycles. The Kier molecular flexibility index (Phi) is 5.49. The molecular formula is C15H11F2IO3. The van der Waals surface area contributed by atoms with Crippen LogP contribution in [0, 0.1) is 3.57 Å². The van der Waals surface area contributed by atoms with Gasteiger partial charge in [-0.25, -0.2) is 0 Å². The van der Waals surface area contributed by atoms with Crippen molar-refractivity contribution in [3.05, 3.63) is 57.7 Å². The fraction of sp³-hybridized carbons (Fsp3) is 0.133. The van der Waals surface area contributed by atoms with Crippen molar-refractivity contribution in [1.29, 1.82) is 0 Å². The van der Waals surface area contributed by atoms with Gasteiger partial charge in [0.15, 0.2) is 12.4 Å². The highest BCUT2D eigenvalue weighted by molar-refractivity contribution is 14.1. The van der Waals surface area contributed by atoms with E-state index < -0.39 is 6.61 Å². The van der Waals surface area contributed by atoms with Crippen molar-refractivity contribution in [2.24, 2.45) is 0 Å². The smallest absolute Gasteiger partial charge is 0.387 e. The SMILES string of the molecule is O=C(COc1ccccc1I)c1ccc(OC(F)F)cc1. The number of rotatable bonds is 6. The van der Waals surface area contributed by atoms with E-state index in [2.05, 4.69) is 27.3 Å². The molecule has 0 fully saturated rings. The quantitative estimate of drug-likeness (QED) is 0.536. The van der Waals surface area contributed by atoms with Gasteiger partial charge >= 0.3 is 6.61 Å². The third kappa shape index (κ3) is 4.66. The minimum absolute atomic E-state index is 0.0140. The molecule has 0 saturated heterocycles. The average molecular weight is 404 g/mol. The van der Waals surface area contributed by atoms with Crippen LogP contribution in [0.3, 0.4) is 0 Å². The van der Waals surface area contributed by atoms with Crippen LogP contribution in [-0.4, -0.2) is 19.0 Å². The summed E-state index contributed by atoms with van der Waals surface area (Å²) in [6.07, 6.45) is 0. The lowest BCUT2D eigenvalue weighted by molar-refractivity contribution is -0.0498. The van der Waals surface area contributed by atoms with Crippen LogP contribution in [0.25, 0.3) is 0 Å². The van der Waals surface area contributed by atoms with Crippen molar-refractivity contribution >= 4 is 28.4 Å². The summed E-state index contributed by atoms with van der Waals surface area (Å²) in [4.78, 5) is 11.9. The lowest BCUT2D eigenvalue weighted by atomic mass is 10.1. The predicted octanol–water partition coefficient (Wildman–Crippen LogP) is 4.15. The second-order valence-electron chi connectivity index (χ2n) is 4.05. The van der Waals surface area contributed by atoms with Gasteiger partial charge in [-0.15, -0.1) is 0 Å². The van der Waals surface area contributed by atoms with E-state index in [1.54, 1.807) is 6.07 Å². The number of hydrogen-bond donors (Lipinski definition) is 0. The van der Waals surface area contributed by atoms with Crippen LogP contribution in [0.4, 0.5) is 8.78 Å². The molecule has 0 saturated carbocycles. The summed E-state index contributed by atoms with van der Waals surface area (Å²) in [7, 11) is 0. The fourth-order valence-corrected chi connectivity index (χ4v) is 2.15. The molecule has 2 aromatic rings. The number of halogens is 3. The number of benzene rings is 2. The van der Waals surface area contributed by atoms with Gasteiger partial charge in [0.25, 0.3) is 0 Å². The summed E-state index contributed by atoms with van der Waals surface area (Å²) in [5.41, 5.74) is 0.377. The second kappa shape index (κ2) is 7.35. The number of Topliss-reactive ketones (excluding diaryl/α,β-unsaturated/α-hetero) is 1. The van der Waals surface area contributed by atoms with Crippen LogP contribution < -0.4 is 9.47 Å². The first-order valence-corrected chi connectivity index (χ1v) is 7.09. The molecule has 6 heteroatoms. The van der Waals surface area contributed by atoms with Crippen molar-refractivity contribution in [1.82, 2.24) is 0 Å². The molecule has 0 bridgehead atoms. The van der Waals surface area contributed by atoms with Gasteiger partial charge in [0.1, 0.15) is 11.5 Å². The molecular weight excluding hydrogens is 393 g/mol. The highest BCUT2D eigenvalue weighted by Gasteiger charge is 2.10. The van der Waals surface area contributed by atoms with Gasteiger partial charge < -0.3 is 9.47 Å². The number of alkyl halides is 2. The summed E-state index contributed by atoms with van der Waals surface area (Å²) < 4.78 is 34.6. The zero-order chi connectivity index (χ0) is 15.2. The van der Waals surface area contributed by atoms with E-state index in [0.29, 0.717) is 11.3 Å². The maximum atomic E-state index is 12.0. The Hall–Kier alpha value is -1.70. The highest BCUT2D eigenvalue weighted by Crippen LogP contribution is 2.20. The lowest BCUT2D eigenvalue weighted by Crippen LogP contribution is -2.12. The van der Waals surface area contributed by atoms with E-state index in [1.807, 2.05) is 18.2 Å². The van der Waals surface area contributed by atoms with Crippen LogP contribution in [0.2, 0.25) is 0 Å². The monoisotopic (exact) mass is 404 g/mol. The number of para-hydroxylation sites is 1. The summed E-state index contributed by atoms with van der Waals surface area (Å²) in [5, 5.41) is 0. The molecule has 0 radical (unpaired) electrons. The molecule has 0 atom stereocenters. The van der Waals surface area contributed by atoms with E-state index in [4.69, 9.17) is 4.74 Å². The zero-order valence-electron chi connectivity index (χ0n) is 10.8. The summed E-state index contributed by atoms with van der Waals surface area (Å²) in [6, 6.07) is 12.8. The Morgan fingerprint density at radius 1 is 1.10 bits per heavy atom. The number of carbonyl (C=O) groups is 1. The van der Waals surface area contributed by atoms with Crippen molar-refractivity contribution in [2.45, 2.75) is 6.61 Å². The van der Waals surface area contributed by atoms with Crippen LogP contribution >= 0.6 is 22.6 Å². The molecule has 0 spiro atoms. The van der Waals surface area contributed by atoms with E-state index in [-0.39, 0.29) is 18.1 Å². The Labute approximate surface area is 134 Å². The van der Waals surface area contributed by atoms with E-state index in [1.165, 1.54) is 24.3 Å². The Balaban J connectivity index is 1.96. The second-order valence-corrected chi connectivity index (χ2v) is 5.21. The molecule has 0 unspecified atom stereocenters. The number of ether oxygens (including phenoxy) is 2. The molecule has 110 valence electrons. The molecule has 2 aromatic carbocycles. The van der Waals surface area contributed by atoms with Gasteiger partial charge in [0.2, 0.25) is 0 Å². The van der Waals surface area contributed by atoms with Crippen molar-refractivity contribution in [3.63, 3.8) is 0 Å². The lowest BCUT2D eigenvalue weighted by Gasteiger charge is -2.08. The molecule has 0 amide bonds. The first-order chi connectivity index (χ1) is 10.1. The van der Waals surface area contributed by atoms with Gasteiger partial charge in [-0.1, -0.05) is 12.1 Å². The highest BCUT2D eigenvalue weighted by atomic mass is 127. The average Bonchev–Trinajstić information content (AvgIpc) is 2.46. The van der Waals surface area contributed by atoms with Crippen LogP contribution in [0.5, 0.6) is 11.5 Å². The first-order valence-electron chi connectivity index (χ1n) is 6.01. The van der Waals surface area contributed by atoms with Crippen molar-refractivity contribution in [3.8, 4) is 11.5 Å². The summed E-state index contributed by atoms with van der Waals surface area (Å²) >= 11 is 2.11. The molecule has 0 aliphatic rings. The number of ketones is 1. The van der Waals surface area contributed by atoms with E-state index in [9.17, 15) is 13.6 Å². The number of carbonyl (C=O) groups excluding carboxylic acids is 1. The largest absolute Gasteiger partial charge is 0.484 e. The maximum absolute atomic E-state index is 12.0. The van der Waals surface area contributed by atoms with Gasteiger partial charge in [-0.05, 0) is 59.0 Å². The number of hydrogen-bond acceptors (Lipinski definition) is 3. The van der Waals surface area contributed by atoms with E-state index >= 15 is 0 Å². The molecule has 0 heterocycles. The van der Waals surface area contributed by atoms with Gasteiger partial charge in [-0.3, -0.25) is 4.79 Å². The predicted molar refractivity (Wildman–Crippen MR) is 82.1 cm³/mol. The third-order valence-electron chi connectivity index (χ3n) is 2.60. The minimum atomic E-state index is -2.88. The van der Waals surface area contributed by atoms with Crippen LogP contribution in [0.15, 0.2) is 48.5 Å². The maximum Gasteiger partial charge on any atom is 0.387 e. The first kappa shape index (κ1) is 15.7. The fourth-order valence-electron chi connectivity index (χ4n) is 1.61. The molecule has 0 N–H and O–H groups in total.